The van der Waals surface area contributed by atoms with Crippen molar-refractivity contribution in [3.63, 3.8) is 0 Å². The Morgan fingerprint density at radius 1 is 1.19 bits per heavy atom. The standard InChI is InChI=1S/C16H12FNO3/c1-9-3-5-11(17)8-12(9)15(19)10-4-6-13-14(7-10)21-16(20)18(13)2/h3-8H,1-2H3. The Balaban J connectivity index is 2.13. The SMILES string of the molecule is Cc1ccc(F)cc1C(=O)c1ccc2c(c1)oc(=O)n2C. The number of halogens is 1. The van der Waals surface area contributed by atoms with Crippen molar-refractivity contribution >= 4 is 16.9 Å². The number of ketones is 1. The molecule has 0 saturated carbocycles. The van der Waals surface area contributed by atoms with Crippen molar-refractivity contribution in [3.8, 4) is 0 Å². The summed E-state index contributed by atoms with van der Waals surface area (Å²) in [6, 6.07) is 8.83. The molecule has 0 aliphatic rings. The van der Waals surface area contributed by atoms with E-state index in [-0.39, 0.29) is 5.78 Å². The first kappa shape index (κ1) is 13.3. The van der Waals surface area contributed by atoms with Crippen molar-refractivity contribution < 1.29 is 13.6 Å². The van der Waals surface area contributed by atoms with Gasteiger partial charge in [0.25, 0.3) is 0 Å². The highest BCUT2D eigenvalue weighted by atomic mass is 19.1. The normalized spacial score (nSPS) is 11.0. The Morgan fingerprint density at radius 3 is 2.71 bits per heavy atom. The smallest absolute Gasteiger partial charge is 0.408 e. The van der Waals surface area contributed by atoms with Crippen LogP contribution in [0.25, 0.3) is 11.1 Å². The number of hydrogen-bond acceptors (Lipinski definition) is 3. The molecule has 5 heteroatoms. The molecule has 0 bridgehead atoms. The van der Waals surface area contributed by atoms with Crippen LogP contribution in [0, 0.1) is 12.7 Å². The summed E-state index contributed by atoms with van der Waals surface area (Å²) in [5.74, 6) is -1.26. The van der Waals surface area contributed by atoms with Crippen LogP contribution in [0.5, 0.6) is 0 Å². The zero-order valence-corrected chi connectivity index (χ0v) is 11.5. The first-order valence-corrected chi connectivity index (χ1v) is 6.38. The number of carbonyl (C=O) groups is 1. The molecule has 0 aliphatic heterocycles. The molecule has 4 nitrogen and oxygen atoms in total. The molecule has 0 saturated heterocycles. The van der Waals surface area contributed by atoms with Gasteiger partial charge in [-0.1, -0.05) is 6.07 Å². The highest BCUT2D eigenvalue weighted by Crippen LogP contribution is 2.19. The van der Waals surface area contributed by atoms with Crippen molar-refractivity contribution in [2.24, 2.45) is 7.05 Å². The van der Waals surface area contributed by atoms with E-state index in [9.17, 15) is 14.0 Å². The highest BCUT2D eigenvalue weighted by Gasteiger charge is 2.15. The molecule has 0 radical (unpaired) electrons. The molecular formula is C16H12FNO3. The molecule has 0 fully saturated rings. The van der Waals surface area contributed by atoms with Gasteiger partial charge in [-0.05, 0) is 42.8 Å². The number of carbonyl (C=O) groups excluding carboxylic acids is 1. The molecule has 1 aromatic heterocycles. The van der Waals surface area contributed by atoms with Gasteiger partial charge in [0.2, 0.25) is 0 Å². The Kier molecular flexibility index (Phi) is 2.97. The summed E-state index contributed by atoms with van der Waals surface area (Å²) in [7, 11) is 1.59. The van der Waals surface area contributed by atoms with Gasteiger partial charge in [-0.15, -0.1) is 0 Å². The average molecular weight is 285 g/mol. The number of rotatable bonds is 2. The fraction of sp³-hybridized carbons (Fsp3) is 0.125. The van der Waals surface area contributed by atoms with E-state index in [4.69, 9.17) is 4.42 Å². The highest BCUT2D eigenvalue weighted by molar-refractivity contribution is 6.11. The summed E-state index contributed by atoms with van der Waals surface area (Å²) < 4.78 is 19.7. The minimum atomic E-state index is -0.489. The van der Waals surface area contributed by atoms with Crippen LogP contribution in [0.2, 0.25) is 0 Å². The summed E-state index contributed by atoms with van der Waals surface area (Å²) in [6.07, 6.45) is 0. The van der Waals surface area contributed by atoms with Gasteiger partial charge in [0, 0.05) is 18.2 Å². The molecule has 0 amide bonds. The second-order valence-corrected chi connectivity index (χ2v) is 4.90. The monoisotopic (exact) mass is 285 g/mol. The van der Waals surface area contributed by atoms with Crippen molar-refractivity contribution in [3.05, 3.63) is 69.5 Å². The third-order valence-electron chi connectivity index (χ3n) is 3.50. The van der Waals surface area contributed by atoms with E-state index < -0.39 is 11.6 Å². The zero-order valence-electron chi connectivity index (χ0n) is 11.5. The molecule has 3 rings (SSSR count). The fourth-order valence-corrected chi connectivity index (χ4v) is 2.27. The van der Waals surface area contributed by atoms with Crippen molar-refractivity contribution in [2.45, 2.75) is 6.92 Å². The molecule has 1 heterocycles. The Morgan fingerprint density at radius 2 is 1.95 bits per heavy atom. The first-order valence-electron chi connectivity index (χ1n) is 6.38. The molecule has 0 N–H and O–H groups in total. The molecule has 0 spiro atoms. The second kappa shape index (κ2) is 4.70. The maximum Gasteiger partial charge on any atom is 0.419 e. The van der Waals surface area contributed by atoms with Gasteiger partial charge in [0.15, 0.2) is 11.4 Å². The van der Waals surface area contributed by atoms with Crippen LogP contribution in [0.1, 0.15) is 21.5 Å². The van der Waals surface area contributed by atoms with Gasteiger partial charge in [0.1, 0.15) is 5.82 Å². The average Bonchev–Trinajstić information content (AvgIpc) is 2.75. The van der Waals surface area contributed by atoms with Crippen LogP contribution in [0.4, 0.5) is 4.39 Å². The molecule has 0 atom stereocenters. The summed E-state index contributed by atoms with van der Waals surface area (Å²) in [6.45, 7) is 1.74. The van der Waals surface area contributed by atoms with Crippen LogP contribution in [-0.4, -0.2) is 10.4 Å². The lowest BCUT2D eigenvalue weighted by molar-refractivity contribution is 0.103. The second-order valence-electron chi connectivity index (χ2n) is 4.90. The van der Waals surface area contributed by atoms with Gasteiger partial charge in [-0.3, -0.25) is 9.36 Å². The lowest BCUT2D eigenvalue weighted by atomic mass is 9.99. The molecule has 2 aromatic carbocycles. The number of hydrogen-bond donors (Lipinski definition) is 0. The lowest BCUT2D eigenvalue weighted by Gasteiger charge is -2.05. The number of oxazole rings is 1. The largest absolute Gasteiger partial charge is 0.419 e. The molecule has 0 aliphatic carbocycles. The van der Waals surface area contributed by atoms with Gasteiger partial charge in [-0.2, -0.15) is 0 Å². The third-order valence-corrected chi connectivity index (χ3v) is 3.50. The molecule has 106 valence electrons. The van der Waals surface area contributed by atoms with E-state index in [0.717, 1.165) is 0 Å². The minimum Gasteiger partial charge on any atom is -0.408 e. The fourth-order valence-electron chi connectivity index (χ4n) is 2.27. The topological polar surface area (TPSA) is 52.2 Å². The molecule has 21 heavy (non-hydrogen) atoms. The van der Waals surface area contributed by atoms with E-state index in [0.29, 0.717) is 27.8 Å². The van der Waals surface area contributed by atoms with Crippen molar-refractivity contribution in [1.82, 2.24) is 4.57 Å². The van der Waals surface area contributed by atoms with Crippen LogP contribution in [-0.2, 0) is 7.05 Å². The minimum absolute atomic E-state index is 0.299. The molecule has 3 aromatic rings. The summed E-state index contributed by atoms with van der Waals surface area (Å²) in [4.78, 5) is 23.9. The van der Waals surface area contributed by atoms with Crippen LogP contribution < -0.4 is 5.76 Å². The van der Waals surface area contributed by atoms with Gasteiger partial charge in [0.05, 0.1) is 5.52 Å². The van der Waals surface area contributed by atoms with E-state index in [1.54, 1.807) is 32.2 Å². The van der Waals surface area contributed by atoms with Crippen LogP contribution in [0.15, 0.2) is 45.6 Å². The third kappa shape index (κ3) is 2.16. The predicted octanol–water partition coefficient (Wildman–Crippen LogP) is 2.81. The predicted molar refractivity (Wildman–Crippen MR) is 76.0 cm³/mol. The number of aromatic nitrogens is 1. The quantitative estimate of drug-likeness (QED) is 0.680. The van der Waals surface area contributed by atoms with E-state index >= 15 is 0 Å². The van der Waals surface area contributed by atoms with Crippen LogP contribution >= 0.6 is 0 Å². The number of benzene rings is 2. The summed E-state index contributed by atoms with van der Waals surface area (Å²) >= 11 is 0. The van der Waals surface area contributed by atoms with E-state index in [1.807, 2.05) is 0 Å². The zero-order chi connectivity index (χ0) is 15.1. The summed E-state index contributed by atoms with van der Waals surface area (Å²) in [5.41, 5.74) is 2.28. The van der Waals surface area contributed by atoms with Crippen molar-refractivity contribution in [1.29, 1.82) is 0 Å². The van der Waals surface area contributed by atoms with Gasteiger partial charge >= 0.3 is 5.76 Å². The van der Waals surface area contributed by atoms with Gasteiger partial charge < -0.3 is 4.42 Å². The maximum atomic E-state index is 13.3. The Hall–Kier alpha value is -2.69. The Bertz CT molecular complexity index is 921. The van der Waals surface area contributed by atoms with E-state index in [2.05, 4.69) is 0 Å². The number of aryl methyl sites for hydroxylation is 2. The van der Waals surface area contributed by atoms with Crippen molar-refractivity contribution in [2.75, 3.05) is 0 Å². The lowest BCUT2D eigenvalue weighted by Crippen LogP contribution is -2.08. The number of nitrogens with zero attached hydrogens (tertiary/aromatic N) is 1. The van der Waals surface area contributed by atoms with Crippen LogP contribution in [0.3, 0.4) is 0 Å². The van der Waals surface area contributed by atoms with Gasteiger partial charge in [-0.25, -0.2) is 9.18 Å². The number of fused-ring (bicyclic) bond motifs is 1. The van der Waals surface area contributed by atoms with E-state index in [1.165, 1.54) is 22.8 Å². The Labute approximate surface area is 119 Å². The maximum absolute atomic E-state index is 13.3. The molecule has 0 unspecified atom stereocenters. The summed E-state index contributed by atoms with van der Waals surface area (Å²) in [5, 5.41) is 0. The molecular weight excluding hydrogens is 273 g/mol. The first-order chi connectivity index (χ1) is 9.97.